The van der Waals surface area contributed by atoms with Crippen LogP contribution in [0.4, 0.5) is 65.9 Å². The highest BCUT2D eigenvalue weighted by atomic mass is 35.5. The summed E-state index contributed by atoms with van der Waals surface area (Å²) in [5.41, 5.74) is 0.549. The van der Waals surface area contributed by atoms with Crippen molar-refractivity contribution in [1.82, 2.24) is 0 Å². The number of nitrogens with zero attached hydrogens (tertiary/aromatic N) is 1. The van der Waals surface area contributed by atoms with Gasteiger partial charge in [-0.3, -0.25) is 0 Å². The van der Waals surface area contributed by atoms with Crippen molar-refractivity contribution in [3.63, 3.8) is 0 Å². The quantitative estimate of drug-likeness (QED) is 0.159. The van der Waals surface area contributed by atoms with E-state index in [2.05, 4.69) is 41.6 Å². The van der Waals surface area contributed by atoms with Gasteiger partial charge < -0.3 is 26.7 Å². The average molecular weight is 664 g/mol. The number of carbonyl (C=O) groups is 2. The van der Waals surface area contributed by atoms with Gasteiger partial charge in [-0.2, -0.15) is 65.9 Å². The van der Waals surface area contributed by atoms with Crippen LogP contribution in [0.5, 0.6) is 0 Å². The number of hydrogen-bond acceptors (Lipinski definition) is 3. The first kappa shape index (κ1) is 43.3. The summed E-state index contributed by atoms with van der Waals surface area (Å²) in [6.45, 7) is 9.99. The number of aliphatic carboxylic acids is 1. The number of carboxylic acid groups (broad SMARTS) is 1. The minimum absolute atomic E-state index is 0. The van der Waals surface area contributed by atoms with Gasteiger partial charge in [-0.05, 0) is 20.8 Å². The lowest BCUT2D eigenvalue weighted by molar-refractivity contribution is -0.920. The van der Waals surface area contributed by atoms with E-state index in [-0.39, 0.29) is 23.9 Å². The Bertz CT molecular complexity index is 942. The summed E-state index contributed by atoms with van der Waals surface area (Å²) in [6, 6.07) is 0. The molecule has 0 aliphatic rings. The fraction of sp³-hybridized carbons (Fsp3) is 0.800. The van der Waals surface area contributed by atoms with Crippen molar-refractivity contribution >= 4 is 11.9 Å². The minimum Gasteiger partial charge on any atom is -1.00 e. The van der Waals surface area contributed by atoms with E-state index in [0.29, 0.717) is 12.2 Å². The molecule has 0 aliphatic carbocycles. The van der Waals surface area contributed by atoms with Crippen molar-refractivity contribution < 1.29 is 102 Å². The molecule has 0 rings (SSSR count). The van der Waals surface area contributed by atoms with Crippen LogP contribution >= 0.6 is 0 Å². The topological polar surface area (TPSA) is 63.6 Å². The summed E-state index contributed by atoms with van der Waals surface area (Å²) in [5, 5.41) is 7.57. The second-order valence-electron chi connectivity index (χ2n) is 9.74. The van der Waals surface area contributed by atoms with Crippen molar-refractivity contribution in [3.8, 4) is 0 Å². The Morgan fingerprint density at radius 2 is 1.02 bits per heavy atom. The van der Waals surface area contributed by atoms with Gasteiger partial charge in [-0.15, -0.1) is 0 Å². The number of carbonyl (C=O) groups excluding carboxylic acids is 1. The van der Waals surface area contributed by atoms with E-state index >= 15 is 0 Å². The molecule has 5 nitrogen and oxygen atoms in total. The number of alkyl halides is 15. The van der Waals surface area contributed by atoms with Gasteiger partial charge >= 0.3 is 53.7 Å². The van der Waals surface area contributed by atoms with E-state index < -0.39 is 47.7 Å². The van der Waals surface area contributed by atoms with Crippen LogP contribution in [-0.4, -0.2) is 96.5 Å². The fourth-order valence-electron chi connectivity index (χ4n) is 1.95. The van der Waals surface area contributed by atoms with Crippen LogP contribution in [0.15, 0.2) is 12.2 Å². The highest BCUT2D eigenvalue weighted by Crippen LogP contribution is 2.62. The second kappa shape index (κ2) is 12.6. The number of quaternary nitrogens is 1. The van der Waals surface area contributed by atoms with Crippen LogP contribution in [0.3, 0.4) is 0 Å². The Hall–Kier alpha value is -2.12. The van der Waals surface area contributed by atoms with Crippen molar-refractivity contribution in [1.29, 1.82) is 0 Å². The average Bonchev–Trinajstić information content (AvgIpc) is 2.71. The standard InChI is InChI=1S/C12H24NO2.C8HF15O2.ClH/c1-10(2)11(14)15-9-8-12(3,4)13(5,6)7;9-2(10,1(24)25)3(11,12)4(13,14)5(15,16)6(17,18)7(19,20)8(21,22)23;/h1,8-9H2,2-7H3;(H,24,25);1H/q+1;;/p-1. The molecular formula is C20H25ClF15NO4. The van der Waals surface area contributed by atoms with Crippen molar-refractivity contribution in [2.24, 2.45) is 0 Å². The molecule has 0 radical (unpaired) electrons. The molecule has 0 fully saturated rings. The van der Waals surface area contributed by atoms with Crippen LogP contribution in [0.25, 0.3) is 0 Å². The molecule has 0 saturated heterocycles. The molecular weight excluding hydrogens is 639 g/mol. The predicted molar refractivity (Wildman–Crippen MR) is 106 cm³/mol. The van der Waals surface area contributed by atoms with Crippen LogP contribution in [0, 0.1) is 0 Å². The lowest BCUT2D eigenvalue weighted by atomic mass is 9.91. The van der Waals surface area contributed by atoms with E-state index in [1.807, 2.05) is 0 Å². The smallest absolute Gasteiger partial charge is 0.460 e. The van der Waals surface area contributed by atoms with Gasteiger partial charge in [-0.1, -0.05) is 6.58 Å². The Morgan fingerprint density at radius 3 is 1.29 bits per heavy atom. The highest BCUT2D eigenvalue weighted by molar-refractivity contribution is 5.86. The van der Waals surface area contributed by atoms with Crippen molar-refractivity contribution in [2.75, 3.05) is 27.7 Å². The maximum Gasteiger partial charge on any atom is 0.460 e. The van der Waals surface area contributed by atoms with E-state index in [1.54, 1.807) is 6.92 Å². The zero-order chi connectivity index (χ0) is 33.4. The lowest BCUT2D eigenvalue weighted by Crippen LogP contribution is -3.00. The number of ether oxygens (including phenoxy) is 1. The van der Waals surface area contributed by atoms with Crippen LogP contribution in [0.1, 0.15) is 27.2 Å². The number of hydrogen-bond donors (Lipinski definition) is 1. The third-order valence-corrected chi connectivity index (χ3v) is 5.71. The van der Waals surface area contributed by atoms with Crippen LogP contribution in [0.2, 0.25) is 0 Å². The summed E-state index contributed by atoms with van der Waals surface area (Å²) in [5.74, 6) is -53.1. The lowest BCUT2D eigenvalue weighted by Gasteiger charge is -2.41. The Balaban J connectivity index is -0.000000775. The molecule has 246 valence electrons. The summed E-state index contributed by atoms with van der Waals surface area (Å²) in [6.07, 6.45) is -6.85. The van der Waals surface area contributed by atoms with E-state index in [1.165, 1.54) is 0 Å². The van der Waals surface area contributed by atoms with Crippen LogP contribution in [-0.2, 0) is 14.3 Å². The number of esters is 1. The molecule has 21 heteroatoms. The SMILES string of the molecule is C=C(C)C(=O)OCCC(C)(C)[N+](C)(C)C.O=C(O)C(F)(F)C(F)(F)C(F)(F)C(F)(F)C(F)(F)C(F)(F)C(F)(F)F.[Cl-]. The molecule has 0 bridgehead atoms. The first-order valence-corrected chi connectivity index (χ1v) is 10.2. The first-order valence-electron chi connectivity index (χ1n) is 10.2. The number of rotatable bonds is 11. The van der Waals surface area contributed by atoms with Crippen molar-refractivity contribution in [3.05, 3.63) is 12.2 Å². The van der Waals surface area contributed by atoms with Gasteiger partial charge in [0.25, 0.3) is 0 Å². The van der Waals surface area contributed by atoms with Gasteiger partial charge in [0, 0.05) is 12.0 Å². The molecule has 0 heterocycles. The molecule has 0 atom stereocenters. The molecule has 1 N–H and O–H groups in total. The summed E-state index contributed by atoms with van der Waals surface area (Å²) in [4.78, 5) is 20.9. The zero-order valence-electron chi connectivity index (χ0n) is 21.8. The molecule has 0 unspecified atom stereocenters. The molecule has 41 heavy (non-hydrogen) atoms. The summed E-state index contributed by atoms with van der Waals surface area (Å²) < 4.78 is 193. The monoisotopic (exact) mass is 663 g/mol. The largest absolute Gasteiger partial charge is 1.00 e. The molecule has 0 aromatic heterocycles. The third kappa shape index (κ3) is 8.04. The molecule has 0 aromatic rings. The van der Waals surface area contributed by atoms with Gasteiger partial charge in [0.15, 0.2) is 0 Å². The maximum absolute atomic E-state index is 12.8. The van der Waals surface area contributed by atoms with Gasteiger partial charge in [0.1, 0.15) is 0 Å². The molecule has 0 saturated carbocycles. The summed E-state index contributed by atoms with van der Waals surface area (Å²) in [7, 11) is 6.42. The molecule has 0 aromatic carbocycles. The second-order valence-corrected chi connectivity index (χ2v) is 9.74. The summed E-state index contributed by atoms with van der Waals surface area (Å²) >= 11 is 0. The van der Waals surface area contributed by atoms with E-state index in [4.69, 9.17) is 9.84 Å². The van der Waals surface area contributed by atoms with Crippen molar-refractivity contribution in [2.45, 2.75) is 74.4 Å². The maximum atomic E-state index is 12.8. The number of carboxylic acids is 1. The third-order valence-electron chi connectivity index (χ3n) is 5.71. The highest BCUT2D eigenvalue weighted by Gasteiger charge is 2.94. The molecule has 0 aliphatic heterocycles. The Morgan fingerprint density at radius 1 is 0.707 bits per heavy atom. The van der Waals surface area contributed by atoms with E-state index in [9.17, 15) is 75.4 Å². The fourth-order valence-corrected chi connectivity index (χ4v) is 1.95. The van der Waals surface area contributed by atoms with Gasteiger partial charge in [-0.25, -0.2) is 9.59 Å². The first-order chi connectivity index (χ1) is 17.0. The van der Waals surface area contributed by atoms with Gasteiger partial charge in [0.2, 0.25) is 0 Å². The predicted octanol–water partition coefficient (Wildman–Crippen LogP) is 3.43. The Labute approximate surface area is 229 Å². The normalized spacial score (nSPS) is 14.4. The Kier molecular flexibility index (Phi) is 13.3. The van der Waals surface area contributed by atoms with E-state index in [0.717, 1.165) is 10.9 Å². The van der Waals surface area contributed by atoms with Gasteiger partial charge in [0.05, 0.1) is 33.3 Å². The number of halogens is 16. The molecule has 0 spiro atoms. The minimum atomic E-state index is -8.47. The zero-order valence-corrected chi connectivity index (χ0v) is 22.5. The molecule has 0 amide bonds. The van der Waals surface area contributed by atoms with Crippen LogP contribution < -0.4 is 12.4 Å².